The quantitative estimate of drug-likeness (QED) is 0.461. The van der Waals surface area contributed by atoms with Gasteiger partial charge in [0, 0.05) is 5.92 Å². The van der Waals surface area contributed by atoms with Crippen LogP contribution in [-0.2, 0) is 0 Å². The summed E-state index contributed by atoms with van der Waals surface area (Å²) in [7, 11) is 0. The molecule has 1 saturated carbocycles. The summed E-state index contributed by atoms with van der Waals surface area (Å²) in [5.74, 6) is 1.74. The normalized spacial score (nSPS) is 42.9. The standard InChI is InChI=1S/C9H12/c1-3-8-6(2)4-7-5-9(7)8/h3,5-7H,4H2,1-2H3. The van der Waals surface area contributed by atoms with Crippen LogP contribution in [0.3, 0.4) is 0 Å². The van der Waals surface area contributed by atoms with Crippen LogP contribution in [0.4, 0.5) is 0 Å². The Morgan fingerprint density at radius 2 is 2.44 bits per heavy atom. The summed E-state index contributed by atoms with van der Waals surface area (Å²) in [6, 6.07) is 0. The highest BCUT2D eigenvalue weighted by atomic mass is 14.4. The molecular weight excluding hydrogens is 108 g/mol. The first-order chi connectivity index (χ1) is 4.33. The minimum Gasteiger partial charge on any atom is -0.0839 e. The van der Waals surface area contributed by atoms with Gasteiger partial charge in [0.25, 0.3) is 0 Å². The molecule has 0 spiro atoms. The zero-order valence-electron chi connectivity index (χ0n) is 6.02. The van der Waals surface area contributed by atoms with Crippen LogP contribution < -0.4 is 0 Å². The molecule has 0 N–H and O–H groups in total. The van der Waals surface area contributed by atoms with Gasteiger partial charge in [0.05, 0.1) is 0 Å². The predicted molar refractivity (Wildman–Crippen MR) is 39.1 cm³/mol. The van der Waals surface area contributed by atoms with Crippen molar-refractivity contribution in [2.75, 3.05) is 0 Å². The molecule has 0 amide bonds. The lowest BCUT2D eigenvalue weighted by atomic mass is 10.0. The molecule has 0 nitrogen and oxygen atoms in total. The molecule has 0 aromatic rings. The van der Waals surface area contributed by atoms with E-state index in [4.69, 9.17) is 0 Å². The maximum Gasteiger partial charge on any atom is 0.00296 e. The monoisotopic (exact) mass is 120 g/mol. The van der Waals surface area contributed by atoms with Crippen molar-refractivity contribution in [3.63, 3.8) is 0 Å². The van der Waals surface area contributed by atoms with Gasteiger partial charge in [0.15, 0.2) is 0 Å². The number of allylic oxidation sites excluding steroid dienone is 4. The highest BCUT2D eigenvalue weighted by Crippen LogP contribution is 2.50. The number of fused-ring (bicyclic) bond motifs is 1. The second-order valence-electron chi connectivity index (χ2n) is 3.11. The van der Waals surface area contributed by atoms with Gasteiger partial charge in [-0.25, -0.2) is 0 Å². The number of hydrogen-bond donors (Lipinski definition) is 0. The maximum absolute atomic E-state index is 2.38. The van der Waals surface area contributed by atoms with Crippen LogP contribution in [-0.4, -0.2) is 0 Å². The Hall–Kier alpha value is -0.520. The van der Waals surface area contributed by atoms with E-state index in [1.54, 1.807) is 11.1 Å². The molecule has 0 aliphatic heterocycles. The van der Waals surface area contributed by atoms with Crippen molar-refractivity contribution in [3.8, 4) is 0 Å². The molecule has 0 heterocycles. The van der Waals surface area contributed by atoms with Crippen molar-refractivity contribution in [3.05, 3.63) is 23.3 Å². The molecule has 1 fully saturated rings. The summed E-state index contributed by atoms with van der Waals surface area (Å²) in [5.41, 5.74) is 3.25. The van der Waals surface area contributed by atoms with Crippen molar-refractivity contribution < 1.29 is 0 Å². The lowest BCUT2D eigenvalue weighted by molar-refractivity contribution is 0.650. The van der Waals surface area contributed by atoms with Crippen molar-refractivity contribution >= 4 is 0 Å². The van der Waals surface area contributed by atoms with Gasteiger partial charge in [-0.05, 0) is 30.4 Å². The SMILES string of the molecule is CC=C1C2=CC2CC1C. The number of rotatable bonds is 0. The molecule has 0 aromatic heterocycles. The fourth-order valence-corrected chi connectivity index (χ4v) is 1.92. The fraction of sp³-hybridized carbons (Fsp3) is 0.556. The summed E-state index contributed by atoms with van der Waals surface area (Å²) in [4.78, 5) is 0. The van der Waals surface area contributed by atoms with Crippen LogP contribution in [0.1, 0.15) is 20.3 Å². The first-order valence-electron chi connectivity index (χ1n) is 3.71. The van der Waals surface area contributed by atoms with Gasteiger partial charge in [-0.3, -0.25) is 0 Å². The van der Waals surface area contributed by atoms with Gasteiger partial charge in [-0.2, -0.15) is 0 Å². The molecule has 2 aliphatic carbocycles. The third-order valence-corrected chi connectivity index (χ3v) is 2.45. The molecule has 2 aliphatic rings. The van der Waals surface area contributed by atoms with Crippen molar-refractivity contribution in [2.45, 2.75) is 20.3 Å². The van der Waals surface area contributed by atoms with Gasteiger partial charge in [0.2, 0.25) is 0 Å². The smallest absolute Gasteiger partial charge is 0.00296 e. The maximum atomic E-state index is 2.38. The molecule has 0 bridgehead atoms. The van der Waals surface area contributed by atoms with Gasteiger partial charge in [-0.1, -0.05) is 19.1 Å². The average Bonchev–Trinajstić information content (AvgIpc) is 2.45. The van der Waals surface area contributed by atoms with E-state index in [1.807, 2.05) is 0 Å². The Morgan fingerprint density at radius 1 is 1.67 bits per heavy atom. The van der Waals surface area contributed by atoms with Crippen molar-refractivity contribution in [1.82, 2.24) is 0 Å². The zero-order chi connectivity index (χ0) is 6.43. The van der Waals surface area contributed by atoms with Crippen molar-refractivity contribution in [2.24, 2.45) is 11.8 Å². The molecule has 0 radical (unpaired) electrons. The van der Waals surface area contributed by atoms with E-state index in [1.165, 1.54) is 6.42 Å². The van der Waals surface area contributed by atoms with E-state index in [0.717, 1.165) is 11.8 Å². The molecule has 9 heavy (non-hydrogen) atoms. The Labute approximate surface area is 56.3 Å². The van der Waals surface area contributed by atoms with E-state index in [-0.39, 0.29) is 0 Å². The highest BCUT2D eigenvalue weighted by Gasteiger charge is 2.37. The Bertz CT molecular complexity index is 196. The molecule has 2 atom stereocenters. The van der Waals surface area contributed by atoms with Crippen molar-refractivity contribution in [1.29, 1.82) is 0 Å². The van der Waals surface area contributed by atoms with E-state index >= 15 is 0 Å². The van der Waals surface area contributed by atoms with Gasteiger partial charge >= 0.3 is 0 Å². The topological polar surface area (TPSA) is 0 Å². The van der Waals surface area contributed by atoms with E-state index in [9.17, 15) is 0 Å². The van der Waals surface area contributed by atoms with Gasteiger partial charge in [-0.15, -0.1) is 0 Å². The van der Waals surface area contributed by atoms with E-state index < -0.39 is 0 Å². The van der Waals surface area contributed by atoms with Crippen LogP contribution in [0.5, 0.6) is 0 Å². The molecule has 2 rings (SSSR count). The average molecular weight is 120 g/mol. The summed E-state index contributed by atoms with van der Waals surface area (Å²) in [6.07, 6.45) is 6.04. The zero-order valence-corrected chi connectivity index (χ0v) is 6.02. The van der Waals surface area contributed by atoms with E-state index in [0.29, 0.717) is 0 Å². The molecule has 0 saturated heterocycles. The minimum absolute atomic E-state index is 0.847. The van der Waals surface area contributed by atoms with Gasteiger partial charge < -0.3 is 0 Å². The minimum atomic E-state index is 0.847. The molecule has 0 heteroatoms. The highest BCUT2D eigenvalue weighted by molar-refractivity contribution is 5.52. The third-order valence-electron chi connectivity index (χ3n) is 2.45. The van der Waals surface area contributed by atoms with E-state index in [2.05, 4.69) is 26.0 Å². The Morgan fingerprint density at radius 3 is 2.78 bits per heavy atom. The van der Waals surface area contributed by atoms with Crippen LogP contribution in [0.2, 0.25) is 0 Å². The van der Waals surface area contributed by atoms with Crippen LogP contribution in [0.15, 0.2) is 23.3 Å². The van der Waals surface area contributed by atoms with Gasteiger partial charge in [0.1, 0.15) is 0 Å². The summed E-state index contributed by atoms with van der Waals surface area (Å²) in [5, 5.41) is 0. The lowest BCUT2D eigenvalue weighted by Gasteiger charge is -2.02. The number of hydrogen-bond acceptors (Lipinski definition) is 0. The first-order valence-corrected chi connectivity index (χ1v) is 3.71. The fourth-order valence-electron chi connectivity index (χ4n) is 1.92. The Balaban J connectivity index is 2.29. The first kappa shape index (κ1) is 5.28. The predicted octanol–water partition coefficient (Wildman–Crippen LogP) is 2.53. The van der Waals surface area contributed by atoms with Crippen LogP contribution in [0.25, 0.3) is 0 Å². The van der Waals surface area contributed by atoms with Crippen LogP contribution >= 0.6 is 0 Å². The third kappa shape index (κ3) is 0.592. The van der Waals surface area contributed by atoms with Crippen LogP contribution in [0, 0.1) is 11.8 Å². The summed E-state index contributed by atoms with van der Waals surface area (Å²) in [6.45, 7) is 4.47. The molecular formula is C9H12. The largest absolute Gasteiger partial charge is 0.0839 e. The molecule has 0 aromatic carbocycles. The summed E-state index contributed by atoms with van der Waals surface area (Å²) >= 11 is 0. The second-order valence-corrected chi connectivity index (χ2v) is 3.11. The summed E-state index contributed by atoms with van der Waals surface area (Å²) < 4.78 is 0. The lowest BCUT2D eigenvalue weighted by Crippen LogP contribution is -1.89. The second kappa shape index (κ2) is 1.50. The Kier molecular flexibility index (Phi) is 0.879. The molecule has 48 valence electrons. The molecule has 2 unspecified atom stereocenters.